The summed E-state index contributed by atoms with van der Waals surface area (Å²) in [4.78, 5) is 14.1. The van der Waals surface area contributed by atoms with Crippen LogP contribution in [0.3, 0.4) is 0 Å². The van der Waals surface area contributed by atoms with Crippen LogP contribution in [0.1, 0.15) is 52.9 Å². The van der Waals surface area contributed by atoms with Gasteiger partial charge in [-0.2, -0.15) is 0 Å². The second kappa shape index (κ2) is 9.32. The topological polar surface area (TPSA) is 41.6 Å². The van der Waals surface area contributed by atoms with Gasteiger partial charge in [-0.05, 0) is 59.7 Å². The second-order valence-electron chi connectivity index (χ2n) is 5.48. The maximum atomic E-state index is 11.7. The van der Waals surface area contributed by atoms with Crippen LogP contribution in [0.5, 0.6) is 0 Å². The third-order valence-corrected chi connectivity index (χ3v) is 4.19. The zero-order valence-corrected chi connectivity index (χ0v) is 13.6. The molecule has 0 heterocycles. The van der Waals surface area contributed by atoms with Gasteiger partial charge in [0.25, 0.3) is 0 Å². The van der Waals surface area contributed by atoms with Crippen molar-refractivity contribution in [2.45, 2.75) is 64.5 Å². The number of carbonyl (C=O) groups excluding carboxylic acids is 1. The van der Waals surface area contributed by atoms with Crippen LogP contribution >= 0.6 is 0 Å². The molecule has 1 N–H and O–H groups in total. The van der Waals surface area contributed by atoms with Gasteiger partial charge in [0.15, 0.2) is 0 Å². The Morgan fingerprint density at radius 3 is 2.32 bits per heavy atom. The first kappa shape index (κ1) is 18.4. The van der Waals surface area contributed by atoms with E-state index >= 15 is 0 Å². The van der Waals surface area contributed by atoms with Crippen LogP contribution in [-0.2, 0) is 9.53 Å². The fraction of sp³-hybridized carbons (Fsp3) is 0.933. The molecule has 0 radical (unpaired) electrons. The number of unbranched alkanes of at least 4 members (excludes halogenated alkanes) is 1. The quantitative estimate of drug-likeness (QED) is 0.490. The maximum Gasteiger partial charge on any atom is 0.325 e. The first-order valence-corrected chi connectivity index (χ1v) is 7.42. The van der Waals surface area contributed by atoms with E-state index in [4.69, 9.17) is 4.74 Å². The van der Waals surface area contributed by atoms with Gasteiger partial charge < -0.3 is 15.0 Å². The van der Waals surface area contributed by atoms with Crippen LogP contribution in [0.4, 0.5) is 0 Å². The average Bonchev–Trinajstić information content (AvgIpc) is 2.43. The number of nitrogens with zero attached hydrogens (tertiary/aromatic N) is 1. The van der Waals surface area contributed by atoms with Crippen LogP contribution in [0.15, 0.2) is 0 Å². The summed E-state index contributed by atoms with van der Waals surface area (Å²) in [5.41, 5.74) is -0.553. The smallest absolute Gasteiger partial charge is 0.325 e. The molecule has 0 aromatic carbocycles. The predicted molar refractivity (Wildman–Crippen MR) is 80.3 cm³/mol. The molecule has 0 aromatic heterocycles. The average molecular weight is 272 g/mol. The van der Waals surface area contributed by atoms with Gasteiger partial charge in [0.2, 0.25) is 0 Å². The van der Waals surface area contributed by atoms with Crippen molar-refractivity contribution in [1.29, 1.82) is 0 Å². The highest BCUT2D eigenvalue weighted by Crippen LogP contribution is 2.16. The number of carbonyl (C=O) groups is 1. The van der Waals surface area contributed by atoms with Crippen LogP contribution in [0.2, 0.25) is 0 Å². The lowest BCUT2D eigenvalue weighted by atomic mass is 9.95. The molecular formula is C15H32N2O2. The Morgan fingerprint density at radius 1 is 1.32 bits per heavy atom. The molecular weight excluding hydrogens is 240 g/mol. The van der Waals surface area contributed by atoms with Crippen molar-refractivity contribution >= 4 is 5.97 Å². The van der Waals surface area contributed by atoms with Crippen molar-refractivity contribution in [3.63, 3.8) is 0 Å². The molecule has 0 rings (SSSR count). The summed E-state index contributed by atoms with van der Waals surface area (Å²) in [6, 6.07) is 0.677. The lowest BCUT2D eigenvalue weighted by Crippen LogP contribution is -2.48. The minimum atomic E-state index is -0.553. The number of nitrogens with one attached hydrogen (secondary N) is 1. The molecule has 0 spiro atoms. The Hall–Kier alpha value is -0.610. The molecule has 4 nitrogen and oxygen atoms in total. The lowest BCUT2D eigenvalue weighted by Gasteiger charge is -2.28. The molecule has 1 atom stereocenters. The number of ether oxygens (including phenoxy) is 1. The third-order valence-electron chi connectivity index (χ3n) is 4.19. The highest BCUT2D eigenvalue weighted by Gasteiger charge is 2.31. The fourth-order valence-corrected chi connectivity index (χ4v) is 2.49. The van der Waals surface area contributed by atoms with Gasteiger partial charge in [0.05, 0.1) is 7.11 Å². The summed E-state index contributed by atoms with van der Waals surface area (Å²) in [6.07, 6.45) is 5.35. The zero-order valence-electron chi connectivity index (χ0n) is 13.6. The summed E-state index contributed by atoms with van der Waals surface area (Å²) in [6.45, 7) is 7.47. The second-order valence-corrected chi connectivity index (χ2v) is 5.48. The van der Waals surface area contributed by atoms with Crippen LogP contribution in [-0.4, -0.2) is 50.2 Å². The van der Waals surface area contributed by atoms with E-state index in [1.54, 1.807) is 0 Å². The SMILES string of the molecule is CCC(CC)N(C)CCCCC(C)(NC)C(=O)OC. The van der Waals surface area contributed by atoms with E-state index in [-0.39, 0.29) is 5.97 Å². The highest BCUT2D eigenvalue weighted by atomic mass is 16.5. The van der Waals surface area contributed by atoms with Gasteiger partial charge in [-0.25, -0.2) is 0 Å². The van der Waals surface area contributed by atoms with Gasteiger partial charge in [-0.3, -0.25) is 4.79 Å². The number of esters is 1. The van der Waals surface area contributed by atoms with Gasteiger partial charge in [0.1, 0.15) is 5.54 Å². The van der Waals surface area contributed by atoms with E-state index in [0.29, 0.717) is 6.04 Å². The summed E-state index contributed by atoms with van der Waals surface area (Å²) in [5.74, 6) is -0.177. The Kier molecular flexibility index (Phi) is 9.02. The van der Waals surface area contributed by atoms with Gasteiger partial charge in [-0.15, -0.1) is 0 Å². The molecule has 0 amide bonds. The molecule has 0 aliphatic rings. The minimum Gasteiger partial charge on any atom is -0.468 e. The van der Waals surface area contributed by atoms with Crippen molar-refractivity contribution in [3.8, 4) is 0 Å². The molecule has 19 heavy (non-hydrogen) atoms. The van der Waals surface area contributed by atoms with E-state index in [1.165, 1.54) is 20.0 Å². The van der Waals surface area contributed by atoms with E-state index in [2.05, 4.69) is 31.1 Å². The molecule has 0 aliphatic carbocycles. The fourth-order valence-electron chi connectivity index (χ4n) is 2.49. The van der Waals surface area contributed by atoms with Crippen molar-refractivity contribution in [2.24, 2.45) is 0 Å². The van der Waals surface area contributed by atoms with E-state index in [9.17, 15) is 4.79 Å². The molecule has 0 saturated heterocycles. The third kappa shape index (κ3) is 5.91. The molecule has 0 aromatic rings. The summed E-state index contributed by atoms with van der Waals surface area (Å²) in [7, 11) is 5.45. The van der Waals surface area contributed by atoms with E-state index in [1.807, 2.05) is 14.0 Å². The summed E-state index contributed by atoms with van der Waals surface area (Å²) >= 11 is 0. The molecule has 0 saturated carbocycles. The normalized spacial score (nSPS) is 14.7. The summed E-state index contributed by atoms with van der Waals surface area (Å²) < 4.78 is 4.85. The van der Waals surface area contributed by atoms with E-state index < -0.39 is 5.54 Å². The maximum absolute atomic E-state index is 11.7. The zero-order chi connectivity index (χ0) is 14.9. The predicted octanol–water partition coefficient (Wildman–Crippen LogP) is 2.43. The van der Waals surface area contributed by atoms with Gasteiger partial charge in [0, 0.05) is 6.04 Å². The van der Waals surface area contributed by atoms with Crippen LogP contribution < -0.4 is 5.32 Å². The Balaban J connectivity index is 4.05. The Morgan fingerprint density at radius 2 is 1.89 bits per heavy atom. The van der Waals surface area contributed by atoms with Crippen LogP contribution in [0, 0.1) is 0 Å². The molecule has 0 bridgehead atoms. The van der Waals surface area contributed by atoms with Crippen molar-refractivity contribution in [2.75, 3.05) is 27.7 Å². The Bertz CT molecular complexity index is 255. The standard InChI is InChI=1S/C15H32N2O2/c1-7-13(8-2)17(5)12-10-9-11-15(3,16-4)14(18)19-6/h13,16H,7-12H2,1-6H3. The molecule has 4 heteroatoms. The summed E-state index contributed by atoms with van der Waals surface area (Å²) in [5, 5.41) is 3.07. The molecule has 0 fully saturated rings. The number of hydrogen-bond acceptors (Lipinski definition) is 4. The first-order valence-electron chi connectivity index (χ1n) is 7.42. The Labute approximate surface area is 118 Å². The molecule has 114 valence electrons. The van der Waals surface area contributed by atoms with Crippen molar-refractivity contribution in [3.05, 3.63) is 0 Å². The molecule has 0 aliphatic heterocycles. The first-order chi connectivity index (χ1) is 8.95. The number of hydrogen-bond donors (Lipinski definition) is 1. The largest absolute Gasteiger partial charge is 0.468 e. The van der Waals surface area contributed by atoms with Crippen LogP contribution in [0.25, 0.3) is 0 Å². The van der Waals surface area contributed by atoms with E-state index in [0.717, 1.165) is 25.8 Å². The van der Waals surface area contributed by atoms with Crippen molar-refractivity contribution in [1.82, 2.24) is 10.2 Å². The van der Waals surface area contributed by atoms with Gasteiger partial charge >= 0.3 is 5.97 Å². The van der Waals surface area contributed by atoms with Crippen molar-refractivity contribution < 1.29 is 9.53 Å². The monoisotopic (exact) mass is 272 g/mol. The number of methoxy groups -OCH3 is 1. The number of rotatable bonds is 10. The highest BCUT2D eigenvalue weighted by molar-refractivity contribution is 5.80. The van der Waals surface area contributed by atoms with Gasteiger partial charge in [-0.1, -0.05) is 13.8 Å². The molecule has 1 unspecified atom stereocenters. The minimum absolute atomic E-state index is 0.177. The lowest BCUT2D eigenvalue weighted by molar-refractivity contribution is -0.148. The number of likely N-dealkylation sites (N-methyl/N-ethyl adjacent to an activating group) is 1.